The Hall–Kier alpha value is -2.50. The number of anilines is 1. The third kappa shape index (κ3) is 4.32. The van der Waals surface area contributed by atoms with Crippen molar-refractivity contribution in [2.24, 2.45) is 0 Å². The number of para-hydroxylation sites is 1. The van der Waals surface area contributed by atoms with Gasteiger partial charge >= 0.3 is 0 Å². The Morgan fingerprint density at radius 2 is 1.64 bits per heavy atom. The number of pyridine rings is 1. The van der Waals surface area contributed by atoms with Gasteiger partial charge in [0.05, 0.1) is 0 Å². The zero-order valence-electron chi connectivity index (χ0n) is 16.0. The summed E-state index contributed by atoms with van der Waals surface area (Å²) in [5.74, 6) is 0.104. The molecule has 0 radical (unpaired) electrons. The summed E-state index contributed by atoms with van der Waals surface area (Å²) >= 11 is 9.28. The van der Waals surface area contributed by atoms with Crippen LogP contribution in [0.25, 0.3) is 11.5 Å². The van der Waals surface area contributed by atoms with Crippen molar-refractivity contribution in [3.05, 3.63) is 93.7 Å². The van der Waals surface area contributed by atoms with E-state index in [9.17, 15) is 5.11 Å². The molecule has 0 atom stereocenters. The molecular weight excluding hydrogens is 432 g/mol. The molecule has 142 valence electrons. The van der Waals surface area contributed by atoms with Crippen LogP contribution in [0.4, 0.5) is 5.69 Å². The number of aliphatic hydroxyl groups is 1. The monoisotopic (exact) mass is 453 g/mol. The lowest BCUT2D eigenvalue weighted by molar-refractivity contribution is -0.576. The molecule has 1 aromatic heterocycles. The largest absolute Gasteiger partial charge is 0.502 e. The molecular formula is C23H22BrN2OS+. The Balaban J connectivity index is 2.15. The van der Waals surface area contributed by atoms with Crippen LogP contribution in [0.15, 0.2) is 71.5 Å². The second kappa shape index (κ2) is 8.67. The molecule has 0 saturated heterocycles. The molecule has 2 aromatic carbocycles. The second-order valence-corrected chi connectivity index (χ2v) is 7.95. The molecule has 0 unspecified atom stereocenters. The summed E-state index contributed by atoms with van der Waals surface area (Å²) in [6, 6.07) is 17.6. The fourth-order valence-electron chi connectivity index (χ4n) is 3.04. The highest BCUT2D eigenvalue weighted by Gasteiger charge is 2.25. The first kappa shape index (κ1) is 20.2. The van der Waals surface area contributed by atoms with Crippen LogP contribution in [0.1, 0.15) is 22.3 Å². The first-order valence-corrected chi connectivity index (χ1v) is 10.1. The molecule has 0 saturated carbocycles. The van der Waals surface area contributed by atoms with Gasteiger partial charge in [0.25, 0.3) is 5.70 Å². The van der Waals surface area contributed by atoms with Crippen molar-refractivity contribution in [2.45, 2.75) is 20.8 Å². The van der Waals surface area contributed by atoms with Crippen molar-refractivity contribution < 1.29 is 9.67 Å². The summed E-state index contributed by atoms with van der Waals surface area (Å²) < 4.78 is 2.65. The maximum absolute atomic E-state index is 11.2. The van der Waals surface area contributed by atoms with E-state index >= 15 is 0 Å². The van der Waals surface area contributed by atoms with E-state index in [-0.39, 0.29) is 5.76 Å². The SMILES string of the molecule is Cc1ccc[n+](/C(C(=S)Nc2c(C)cccc2C)=C(/O)c2ccccc2Br)c1. The molecule has 28 heavy (non-hydrogen) atoms. The zero-order chi connectivity index (χ0) is 20.3. The molecule has 0 fully saturated rings. The second-order valence-electron chi connectivity index (χ2n) is 6.69. The van der Waals surface area contributed by atoms with Crippen LogP contribution in [0.2, 0.25) is 0 Å². The molecule has 0 aliphatic rings. The van der Waals surface area contributed by atoms with Crippen molar-refractivity contribution in [1.29, 1.82) is 0 Å². The number of aliphatic hydroxyl groups excluding tert-OH is 1. The van der Waals surface area contributed by atoms with Gasteiger partial charge in [-0.2, -0.15) is 4.57 Å². The van der Waals surface area contributed by atoms with Crippen LogP contribution in [0.5, 0.6) is 0 Å². The van der Waals surface area contributed by atoms with Crippen molar-refractivity contribution >= 4 is 50.3 Å². The van der Waals surface area contributed by atoms with E-state index in [0.717, 1.165) is 26.9 Å². The predicted molar refractivity (Wildman–Crippen MR) is 123 cm³/mol. The third-order valence-corrected chi connectivity index (χ3v) is 5.48. The highest BCUT2D eigenvalue weighted by Crippen LogP contribution is 2.27. The summed E-state index contributed by atoms with van der Waals surface area (Å²) in [7, 11) is 0. The fourth-order valence-corrected chi connectivity index (χ4v) is 3.82. The van der Waals surface area contributed by atoms with Crippen molar-refractivity contribution in [2.75, 3.05) is 5.32 Å². The van der Waals surface area contributed by atoms with Gasteiger partial charge in [0, 0.05) is 27.4 Å². The Morgan fingerprint density at radius 3 is 2.29 bits per heavy atom. The zero-order valence-corrected chi connectivity index (χ0v) is 18.4. The lowest BCUT2D eigenvalue weighted by atomic mass is 10.1. The number of hydrogen-bond acceptors (Lipinski definition) is 2. The molecule has 0 aliphatic carbocycles. The summed E-state index contributed by atoms with van der Waals surface area (Å²) in [6.45, 7) is 6.08. The number of benzene rings is 2. The van der Waals surface area contributed by atoms with Crippen molar-refractivity contribution in [3.63, 3.8) is 0 Å². The minimum atomic E-state index is 0.104. The first-order chi connectivity index (χ1) is 13.4. The lowest BCUT2D eigenvalue weighted by Gasteiger charge is -2.14. The fraction of sp³-hybridized carbons (Fsp3) is 0.130. The first-order valence-electron chi connectivity index (χ1n) is 8.92. The number of nitrogens with one attached hydrogen (secondary N) is 1. The van der Waals surface area contributed by atoms with Crippen LogP contribution in [0.3, 0.4) is 0 Å². The lowest BCUT2D eigenvalue weighted by Crippen LogP contribution is -2.39. The normalized spacial score (nSPS) is 11.7. The summed E-state index contributed by atoms with van der Waals surface area (Å²) in [4.78, 5) is 0.446. The Morgan fingerprint density at radius 1 is 0.964 bits per heavy atom. The molecule has 2 N–H and O–H groups in total. The van der Waals surface area contributed by atoms with Gasteiger partial charge in [0.15, 0.2) is 23.1 Å². The average molecular weight is 454 g/mol. The Bertz CT molecular complexity index is 1060. The number of aryl methyl sites for hydroxylation is 3. The van der Waals surface area contributed by atoms with E-state index in [4.69, 9.17) is 12.2 Å². The Labute approximate surface area is 179 Å². The van der Waals surface area contributed by atoms with E-state index in [1.54, 1.807) is 0 Å². The quantitative estimate of drug-likeness (QED) is 0.220. The molecule has 0 bridgehead atoms. The summed E-state index contributed by atoms with van der Waals surface area (Å²) in [5.41, 5.74) is 5.41. The number of aromatic nitrogens is 1. The van der Waals surface area contributed by atoms with Crippen LogP contribution in [0, 0.1) is 20.8 Å². The minimum absolute atomic E-state index is 0.104. The minimum Gasteiger partial charge on any atom is -0.502 e. The average Bonchev–Trinajstić information content (AvgIpc) is 2.65. The van der Waals surface area contributed by atoms with E-state index in [1.807, 2.05) is 92.3 Å². The molecule has 5 heteroatoms. The van der Waals surface area contributed by atoms with Gasteiger partial charge in [0.2, 0.25) is 0 Å². The highest BCUT2D eigenvalue weighted by atomic mass is 79.9. The smallest absolute Gasteiger partial charge is 0.288 e. The van der Waals surface area contributed by atoms with E-state index in [2.05, 4.69) is 21.2 Å². The highest BCUT2D eigenvalue weighted by molar-refractivity contribution is 9.10. The molecule has 1 heterocycles. The van der Waals surface area contributed by atoms with Crippen molar-refractivity contribution in [3.8, 4) is 0 Å². The van der Waals surface area contributed by atoms with Crippen LogP contribution in [-0.4, -0.2) is 10.1 Å². The van der Waals surface area contributed by atoms with Crippen LogP contribution in [-0.2, 0) is 0 Å². The van der Waals surface area contributed by atoms with Gasteiger partial charge in [-0.1, -0.05) is 58.5 Å². The predicted octanol–water partition coefficient (Wildman–Crippen LogP) is 5.99. The summed E-state index contributed by atoms with van der Waals surface area (Å²) in [5, 5.41) is 14.5. The van der Waals surface area contributed by atoms with E-state index in [1.165, 1.54) is 0 Å². The maximum atomic E-state index is 11.2. The van der Waals surface area contributed by atoms with E-state index in [0.29, 0.717) is 16.2 Å². The number of nitrogens with zero attached hydrogens (tertiary/aromatic N) is 1. The Kier molecular flexibility index (Phi) is 6.27. The molecule has 0 aliphatic heterocycles. The standard InChI is InChI=1S/C23H21BrN2OS/c1-15-8-7-13-26(14-15)21(22(27)18-11-4-5-12-19(18)24)23(28)25-20-16(2)9-6-10-17(20)3/h4-14H,1-3H3,(H-,25,27,28)/p+1. The molecule has 3 nitrogen and oxygen atoms in total. The van der Waals surface area contributed by atoms with Crippen LogP contribution < -0.4 is 9.88 Å². The van der Waals surface area contributed by atoms with Gasteiger partial charge in [-0.15, -0.1) is 0 Å². The topological polar surface area (TPSA) is 36.1 Å². The van der Waals surface area contributed by atoms with Gasteiger partial charge in [-0.05, 0) is 50.1 Å². The van der Waals surface area contributed by atoms with Gasteiger partial charge in [0.1, 0.15) is 0 Å². The van der Waals surface area contributed by atoms with Crippen molar-refractivity contribution in [1.82, 2.24) is 0 Å². The maximum Gasteiger partial charge on any atom is 0.288 e. The third-order valence-electron chi connectivity index (χ3n) is 4.49. The molecule has 0 amide bonds. The number of thiocarbonyl (C=S) groups is 1. The van der Waals surface area contributed by atoms with Gasteiger partial charge < -0.3 is 10.4 Å². The summed E-state index contributed by atoms with van der Waals surface area (Å²) in [6.07, 6.45) is 3.83. The molecule has 0 spiro atoms. The van der Waals surface area contributed by atoms with Gasteiger partial charge in [-0.25, -0.2) is 0 Å². The van der Waals surface area contributed by atoms with E-state index < -0.39 is 0 Å². The molecule has 3 aromatic rings. The molecule has 3 rings (SSSR count). The number of rotatable bonds is 4. The van der Waals surface area contributed by atoms with Crippen LogP contribution >= 0.6 is 28.1 Å². The number of halogens is 1. The number of hydrogen-bond donors (Lipinski definition) is 2. The van der Waals surface area contributed by atoms with Gasteiger partial charge in [-0.3, -0.25) is 0 Å².